The van der Waals surface area contributed by atoms with Crippen LogP contribution in [0.3, 0.4) is 0 Å². The Morgan fingerprint density at radius 3 is 2.60 bits per heavy atom. The van der Waals surface area contributed by atoms with Crippen molar-refractivity contribution < 1.29 is 24.9 Å². The van der Waals surface area contributed by atoms with Crippen molar-refractivity contribution in [3.05, 3.63) is 10.4 Å². The van der Waals surface area contributed by atoms with Gasteiger partial charge < -0.3 is 20.1 Å². The molecule has 0 radical (unpaired) electrons. The Morgan fingerprint density at radius 2 is 2.20 bits per heavy atom. The highest BCUT2D eigenvalue weighted by molar-refractivity contribution is 5.84. The van der Waals surface area contributed by atoms with E-state index < -0.39 is 30.7 Å². The zero-order valence-corrected chi connectivity index (χ0v) is 8.15. The summed E-state index contributed by atoms with van der Waals surface area (Å²) in [5.41, 5.74) is 8.04. The number of ether oxygens (including phenoxy) is 1. The Bertz CT molecular complexity index is 253. The molecule has 0 rings (SSSR count). The smallest absolute Gasteiger partial charge is 0.189 e. The van der Waals surface area contributed by atoms with Gasteiger partial charge in [-0.1, -0.05) is 5.11 Å². The summed E-state index contributed by atoms with van der Waals surface area (Å²) in [6.45, 7) is -1.10. The molecule has 0 heterocycles. The zero-order chi connectivity index (χ0) is 11.8. The lowest BCUT2D eigenvalue weighted by Crippen LogP contribution is -2.45. The summed E-state index contributed by atoms with van der Waals surface area (Å²) in [5.74, 6) is -0.925. The van der Waals surface area contributed by atoms with Gasteiger partial charge in [0.15, 0.2) is 5.78 Å². The molecule has 0 aliphatic heterocycles. The summed E-state index contributed by atoms with van der Waals surface area (Å²) in [7, 11) is 1.23. The largest absolute Gasteiger partial charge is 0.388 e. The molecule has 0 aliphatic rings. The average Bonchev–Trinajstić information content (AvgIpc) is 2.27. The number of hydrogen-bond donors (Lipinski definition) is 3. The standard InChI is InChI=1S/C7H13N3O5/c1-15-5(2-9-10-8)7(14)6(13)4(12)3-11/h5-7,11,13-14H,2-3H2,1H3/t5-,6-,7-/m0/s1. The minimum absolute atomic E-state index is 0.218. The van der Waals surface area contributed by atoms with Gasteiger partial charge in [-0.05, 0) is 5.53 Å². The molecule has 86 valence electrons. The van der Waals surface area contributed by atoms with Crippen molar-refractivity contribution in [1.29, 1.82) is 0 Å². The van der Waals surface area contributed by atoms with Crippen molar-refractivity contribution >= 4 is 5.78 Å². The van der Waals surface area contributed by atoms with Gasteiger partial charge in [-0.2, -0.15) is 0 Å². The average molecular weight is 219 g/mol. The van der Waals surface area contributed by atoms with E-state index in [0.29, 0.717) is 0 Å². The highest BCUT2D eigenvalue weighted by Gasteiger charge is 2.30. The SMILES string of the molecule is CO[C@@H](CN=[N+]=[N-])[C@H](O)[C@@H](O)C(=O)CO. The van der Waals surface area contributed by atoms with Gasteiger partial charge in [-0.3, -0.25) is 4.79 Å². The van der Waals surface area contributed by atoms with Gasteiger partial charge in [0.05, 0.1) is 12.6 Å². The molecular formula is C7H13N3O5. The number of hydrogen-bond acceptors (Lipinski definition) is 6. The first-order valence-electron chi connectivity index (χ1n) is 4.11. The van der Waals surface area contributed by atoms with Crippen LogP contribution in [0.5, 0.6) is 0 Å². The second kappa shape index (κ2) is 7.16. The Hall–Kier alpha value is -1.18. The molecule has 0 amide bonds. The van der Waals surface area contributed by atoms with Crippen LogP contribution in [0.4, 0.5) is 0 Å². The van der Waals surface area contributed by atoms with Gasteiger partial charge in [-0.25, -0.2) is 0 Å². The van der Waals surface area contributed by atoms with Crippen LogP contribution in [0.1, 0.15) is 0 Å². The number of carbonyl (C=O) groups excluding carboxylic acids is 1. The van der Waals surface area contributed by atoms with E-state index in [1.165, 1.54) is 7.11 Å². The van der Waals surface area contributed by atoms with E-state index in [1.807, 2.05) is 0 Å². The molecule has 0 aromatic heterocycles. The van der Waals surface area contributed by atoms with Gasteiger partial charge in [0.1, 0.15) is 18.8 Å². The molecule has 0 bridgehead atoms. The van der Waals surface area contributed by atoms with Crippen LogP contribution in [0.2, 0.25) is 0 Å². The summed E-state index contributed by atoms with van der Waals surface area (Å²) >= 11 is 0. The van der Waals surface area contributed by atoms with Crippen molar-refractivity contribution in [2.24, 2.45) is 5.11 Å². The normalized spacial score (nSPS) is 16.3. The van der Waals surface area contributed by atoms with Crippen molar-refractivity contribution in [3.8, 4) is 0 Å². The van der Waals surface area contributed by atoms with E-state index in [2.05, 4.69) is 10.0 Å². The Labute approximate surface area is 85.7 Å². The molecular weight excluding hydrogens is 206 g/mol. The fourth-order valence-electron chi connectivity index (χ4n) is 0.926. The fourth-order valence-corrected chi connectivity index (χ4v) is 0.926. The van der Waals surface area contributed by atoms with Crippen LogP contribution in [0.25, 0.3) is 10.4 Å². The molecule has 0 saturated carbocycles. The first-order valence-corrected chi connectivity index (χ1v) is 4.11. The Balaban J connectivity index is 4.41. The maximum absolute atomic E-state index is 10.8. The molecule has 3 atom stereocenters. The van der Waals surface area contributed by atoms with Crippen molar-refractivity contribution in [1.82, 2.24) is 0 Å². The number of ketones is 1. The van der Waals surface area contributed by atoms with E-state index >= 15 is 0 Å². The van der Waals surface area contributed by atoms with Gasteiger partial charge in [0.2, 0.25) is 0 Å². The number of azide groups is 1. The summed E-state index contributed by atoms with van der Waals surface area (Å²) in [6.07, 6.45) is -4.29. The van der Waals surface area contributed by atoms with E-state index in [1.54, 1.807) is 0 Å². The summed E-state index contributed by atoms with van der Waals surface area (Å²) in [5, 5.41) is 30.2. The zero-order valence-electron chi connectivity index (χ0n) is 8.15. The fraction of sp³-hybridized carbons (Fsp3) is 0.857. The highest BCUT2D eigenvalue weighted by Crippen LogP contribution is 2.05. The Morgan fingerprint density at radius 1 is 1.60 bits per heavy atom. The maximum atomic E-state index is 10.8. The molecule has 0 aliphatic carbocycles. The van der Waals surface area contributed by atoms with Gasteiger partial charge in [0.25, 0.3) is 0 Å². The number of methoxy groups -OCH3 is 1. The van der Waals surface area contributed by atoms with Crippen molar-refractivity contribution in [2.45, 2.75) is 18.3 Å². The molecule has 8 nitrogen and oxygen atoms in total. The lowest BCUT2D eigenvalue weighted by molar-refractivity contribution is -0.142. The maximum Gasteiger partial charge on any atom is 0.189 e. The summed E-state index contributed by atoms with van der Waals surface area (Å²) in [6, 6.07) is 0. The number of carbonyl (C=O) groups is 1. The molecule has 0 saturated heterocycles. The van der Waals surface area contributed by atoms with Crippen LogP contribution in [0, 0.1) is 0 Å². The molecule has 15 heavy (non-hydrogen) atoms. The first-order chi connectivity index (χ1) is 7.08. The number of aliphatic hydroxyl groups excluding tert-OH is 3. The van der Waals surface area contributed by atoms with Gasteiger partial charge in [-0.15, -0.1) is 0 Å². The Kier molecular flexibility index (Phi) is 6.59. The van der Waals surface area contributed by atoms with Gasteiger partial charge in [0, 0.05) is 12.0 Å². The van der Waals surface area contributed by atoms with Crippen molar-refractivity contribution in [2.75, 3.05) is 20.3 Å². The molecule has 3 N–H and O–H groups in total. The molecule has 0 fully saturated rings. The molecule has 0 unspecified atom stereocenters. The lowest BCUT2D eigenvalue weighted by atomic mass is 10.0. The van der Waals surface area contributed by atoms with Crippen LogP contribution in [-0.2, 0) is 9.53 Å². The highest BCUT2D eigenvalue weighted by atomic mass is 16.5. The summed E-state index contributed by atoms with van der Waals surface area (Å²) < 4.78 is 4.72. The molecule has 0 aromatic rings. The molecule has 0 aromatic carbocycles. The van der Waals surface area contributed by atoms with E-state index in [4.69, 9.17) is 15.4 Å². The van der Waals surface area contributed by atoms with Crippen LogP contribution in [0.15, 0.2) is 5.11 Å². The van der Waals surface area contributed by atoms with Crippen LogP contribution in [-0.4, -0.2) is 59.7 Å². The third-order valence-electron chi connectivity index (χ3n) is 1.82. The second-order valence-electron chi connectivity index (χ2n) is 2.75. The summed E-state index contributed by atoms with van der Waals surface area (Å²) in [4.78, 5) is 13.3. The minimum atomic E-state index is -1.76. The molecule has 8 heteroatoms. The third kappa shape index (κ3) is 4.24. The predicted molar refractivity (Wildman–Crippen MR) is 48.9 cm³/mol. The number of rotatable bonds is 7. The monoisotopic (exact) mass is 219 g/mol. The predicted octanol–water partition coefficient (Wildman–Crippen LogP) is -1.41. The lowest BCUT2D eigenvalue weighted by Gasteiger charge is -2.23. The first kappa shape index (κ1) is 13.8. The van der Waals surface area contributed by atoms with Crippen LogP contribution >= 0.6 is 0 Å². The number of nitrogens with zero attached hydrogens (tertiary/aromatic N) is 3. The second-order valence-corrected chi connectivity index (χ2v) is 2.75. The number of aliphatic hydroxyl groups is 3. The quantitative estimate of drug-likeness (QED) is 0.274. The number of Topliss-reactive ketones (excluding diaryl/α,β-unsaturated/α-hetero) is 1. The third-order valence-corrected chi connectivity index (χ3v) is 1.82. The van der Waals surface area contributed by atoms with E-state index in [0.717, 1.165) is 0 Å². The topological polar surface area (TPSA) is 136 Å². The minimum Gasteiger partial charge on any atom is -0.388 e. The van der Waals surface area contributed by atoms with Gasteiger partial charge >= 0.3 is 0 Å². The van der Waals surface area contributed by atoms with Crippen molar-refractivity contribution in [3.63, 3.8) is 0 Å². The van der Waals surface area contributed by atoms with Crippen LogP contribution < -0.4 is 0 Å². The van der Waals surface area contributed by atoms with E-state index in [9.17, 15) is 15.0 Å². The van der Waals surface area contributed by atoms with E-state index in [-0.39, 0.29) is 6.54 Å². The molecule has 0 spiro atoms.